The lowest BCUT2D eigenvalue weighted by molar-refractivity contribution is -0.176. The van der Waals surface area contributed by atoms with Crippen LogP contribution in [0.25, 0.3) is 0 Å². The van der Waals surface area contributed by atoms with E-state index in [-0.39, 0.29) is 12.3 Å². The van der Waals surface area contributed by atoms with Gasteiger partial charge in [-0.2, -0.15) is 0 Å². The van der Waals surface area contributed by atoms with E-state index in [1.807, 2.05) is 62.4 Å². The summed E-state index contributed by atoms with van der Waals surface area (Å²) in [5.41, 5.74) is 0.687. The molecule has 1 amide bonds. The van der Waals surface area contributed by atoms with Gasteiger partial charge in [0.2, 0.25) is 0 Å². The minimum atomic E-state index is -1.65. The molecule has 26 heavy (non-hydrogen) atoms. The molecule has 1 aliphatic rings. The summed E-state index contributed by atoms with van der Waals surface area (Å²) in [6.45, 7) is 5.03. The van der Waals surface area contributed by atoms with Crippen LogP contribution in [0, 0.1) is 0 Å². The number of ether oxygens (including phenoxy) is 2. The molecule has 3 rings (SSSR count). The topological polar surface area (TPSA) is 59.0 Å². The first-order valence-electron chi connectivity index (χ1n) is 9.01. The minimum Gasteiger partial charge on any atom is -0.375 e. The zero-order chi connectivity index (χ0) is 18.6. The number of hydrogen-bond acceptors (Lipinski definition) is 4. The summed E-state index contributed by atoms with van der Waals surface area (Å²) in [6.07, 6.45) is -0.570. The summed E-state index contributed by atoms with van der Waals surface area (Å²) in [5.74, 6) is -0.341. The van der Waals surface area contributed by atoms with Gasteiger partial charge in [0.15, 0.2) is 11.9 Å². The summed E-state index contributed by atoms with van der Waals surface area (Å²) in [7, 11) is 0. The lowest BCUT2D eigenvalue weighted by Crippen LogP contribution is -2.43. The predicted molar refractivity (Wildman–Crippen MR) is 99.6 cm³/mol. The Morgan fingerprint density at radius 1 is 1.00 bits per heavy atom. The number of hydrogen-bond donors (Lipinski definition) is 1. The third-order valence-corrected chi connectivity index (χ3v) is 4.59. The molecule has 0 spiro atoms. The normalized spacial score (nSPS) is 19.2. The molecule has 138 valence electrons. The van der Waals surface area contributed by atoms with Crippen molar-refractivity contribution in [3.8, 4) is 0 Å². The summed E-state index contributed by atoms with van der Waals surface area (Å²) >= 11 is 0. The Balaban J connectivity index is 1.93. The molecule has 1 unspecified atom stereocenters. The van der Waals surface area contributed by atoms with E-state index in [1.165, 1.54) is 0 Å². The van der Waals surface area contributed by atoms with Gasteiger partial charge in [-0.05, 0) is 25.5 Å². The SMILES string of the molecule is CCOC(CC1(O)C(=O)N(Cc2ccccc2)c2ccccc21)OCC. The number of para-hydroxylation sites is 1. The van der Waals surface area contributed by atoms with Gasteiger partial charge in [0.05, 0.1) is 12.2 Å². The Labute approximate surface area is 154 Å². The number of carbonyl (C=O) groups excluding carboxylic acids is 1. The number of anilines is 1. The molecule has 1 N–H and O–H groups in total. The molecule has 2 aromatic rings. The zero-order valence-electron chi connectivity index (χ0n) is 15.2. The van der Waals surface area contributed by atoms with E-state index in [1.54, 1.807) is 11.0 Å². The molecule has 1 atom stereocenters. The third kappa shape index (κ3) is 3.51. The van der Waals surface area contributed by atoms with E-state index in [2.05, 4.69) is 0 Å². The van der Waals surface area contributed by atoms with Crippen molar-refractivity contribution in [2.75, 3.05) is 18.1 Å². The monoisotopic (exact) mass is 355 g/mol. The zero-order valence-corrected chi connectivity index (χ0v) is 15.2. The first kappa shape index (κ1) is 18.6. The summed E-state index contributed by atoms with van der Waals surface area (Å²) < 4.78 is 11.1. The molecule has 0 bridgehead atoms. The van der Waals surface area contributed by atoms with Crippen LogP contribution in [0.1, 0.15) is 31.4 Å². The molecule has 1 aliphatic heterocycles. The van der Waals surface area contributed by atoms with Crippen LogP contribution >= 0.6 is 0 Å². The second-order valence-electron chi connectivity index (χ2n) is 6.30. The Hall–Kier alpha value is -2.21. The molecule has 5 heteroatoms. The van der Waals surface area contributed by atoms with Crippen molar-refractivity contribution < 1.29 is 19.4 Å². The second kappa shape index (κ2) is 7.99. The van der Waals surface area contributed by atoms with Crippen LogP contribution in [0.15, 0.2) is 54.6 Å². The molecule has 2 aromatic carbocycles. The number of nitrogens with zero attached hydrogens (tertiary/aromatic N) is 1. The van der Waals surface area contributed by atoms with Gasteiger partial charge in [0.25, 0.3) is 5.91 Å². The molecule has 0 saturated carbocycles. The van der Waals surface area contributed by atoms with E-state index in [4.69, 9.17) is 9.47 Å². The quantitative estimate of drug-likeness (QED) is 0.739. The Kier molecular flexibility index (Phi) is 5.71. The molecule has 0 aliphatic carbocycles. The van der Waals surface area contributed by atoms with Crippen molar-refractivity contribution in [1.82, 2.24) is 0 Å². The van der Waals surface area contributed by atoms with Gasteiger partial charge in [-0.1, -0.05) is 48.5 Å². The number of carbonyl (C=O) groups is 1. The number of rotatable bonds is 8. The first-order chi connectivity index (χ1) is 12.6. The van der Waals surface area contributed by atoms with Crippen LogP contribution in [0.2, 0.25) is 0 Å². The minimum absolute atomic E-state index is 0.0653. The molecule has 0 aromatic heterocycles. The number of amides is 1. The average Bonchev–Trinajstić information content (AvgIpc) is 2.85. The highest BCUT2D eigenvalue weighted by atomic mass is 16.7. The lowest BCUT2D eigenvalue weighted by Gasteiger charge is -2.27. The van der Waals surface area contributed by atoms with Crippen molar-refractivity contribution >= 4 is 11.6 Å². The van der Waals surface area contributed by atoms with E-state index in [0.717, 1.165) is 11.3 Å². The van der Waals surface area contributed by atoms with E-state index < -0.39 is 11.9 Å². The van der Waals surface area contributed by atoms with Gasteiger partial charge >= 0.3 is 0 Å². The maximum Gasteiger partial charge on any atom is 0.264 e. The van der Waals surface area contributed by atoms with Crippen LogP contribution in [-0.4, -0.2) is 30.5 Å². The summed E-state index contributed by atoms with van der Waals surface area (Å²) in [5, 5.41) is 11.3. The van der Waals surface area contributed by atoms with Crippen LogP contribution in [-0.2, 0) is 26.4 Å². The van der Waals surface area contributed by atoms with E-state index >= 15 is 0 Å². The van der Waals surface area contributed by atoms with Gasteiger partial charge in [0, 0.05) is 25.2 Å². The second-order valence-corrected chi connectivity index (χ2v) is 6.30. The van der Waals surface area contributed by atoms with Crippen LogP contribution in [0.5, 0.6) is 0 Å². The highest BCUT2D eigenvalue weighted by molar-refractivity contribution is 6.06. The van der Waals surface area contributed by atoms with Crippen LogP contribution in [0.4, 0.5) is 5.69 Å². The van der Waals surface area contributed by atoms with Gasteiger partial charge in [-0.15, -0.1) is 0 Å². The highest BCUT2D eigenvalue weighted by Gasteiger charge is 2.51. The molecular formula is C21H25NO4. The molecular weight excluding hydrogens is 330 g/mol. The average molecular weight is 355 g/mol. The summed E-state index contributed by atoms with van der Waals surface area (Å²) in [4.78, 5) is 14.8. The highest BCUT2D eigenvalue weighted by Crippen LogP contribution is 2.43. The van der Waals surface area contributed by atoms with Crippen LogP contribution < -0.4 is 4.90 Å². The Bertz CT molecular complexity index is 743. The number of fused-ring (bicyclic) bond motifs is 1. The van der Waals surface area contributed by atoms with E-state index in [9.17, 15) is 9.90 Å². The van der Waals surface area contributed by atoms with Crippen molar-refractivity contribution in [1.29, 1.82) is 0 Å². The van der Waals surface area contributed by atoms with E-state index in [0.29, 0.717) is 25.3 Å². The van der Waals surface area contributed by atoms with Crippen molar-refractivity contribution in [2.24, 2.45) is 0 Å². The predicted octanol–water partition coefficient (Wildman–Crippen LogP) is 3.21. The smallest absolute Gasteiger partial charge is 0.264 e. The molecule has 1 heterocycles. The van der Waals surface area contributed by atoms with Gasteiger partial charge in [-0.25, -0.2) is 0 Å². The maximum absolute atomic E-state index is 13.2. The van der Waals surface area contributed by atoms with Crippen molar-refractivity contribution in [2.45, 2.75) is 38.7 Å². The maximum atomic E-state index is 13.2. The molecule has 5 nitrogen and oxygen atoms in total. The number of benzene rings is 2. The fraction of sp³-hybridized carbons (Fsp3) is 0.381. The first-order valence-corrected chi connectivity index (χ1v) is 9.01. The molecule has 0 saturated heterocycles. The van der Waals surface area contributed by atoms with Crippen molar-refractivity contribution in [3.63, 3.8) is 0 Å². The largest absolute Gasteiger partial charge is 0.375 e. The Morgan fingerprint density at radius 2 is 1.62 bits per heavy atom. The van der Waals surface area contributed by atoms with Crippen LogP contribution in [0.3, 0.4) is 0 Å². The standard InChI is InChI=1S/C21H25NO4/c1-3-25-19(26-4-2)14-21(24)17-12-8-9-13-18(17)22(20(21)23)15-16-10-6-5-7-11-16/h5-13,19,24H,3-4,14-15H2,1-2H3. The van der Waals surface area contributed by atoms with Gasteiger partial charge in [-0.3, -0.25) is 4.79 Å². The van der Waals surface area contributed by atoms with Gasteiger partial charge in [0.1, 0.15) is 0 Å². The fourth-order valence-electron chi connectivity index (χ4n) is 3.41. The van der Waals surface area contributed by atoms with Gasteiger partial charge < -0.3 is 19.5 Å². The number of aliphatic hydroxyl groups is 1. The molecule has 0 fully saturated rings. The lowest BCUT2D eigenvalue weighted by atomic mass is 9.91. The fourth-order valence-corrected chi connectivity index (χ4v) is 3.41. The van der Waals surface area contributed by atoms with Crippen molar-refractivity contribution in [3.05, 3.63) is 65.7 Å². The Morgan fingerprint density at radius 3 is 2.27 bits per heavy atom. The third-order valence-electron chi connectivity index (χ3n) is 4.59. The molecule has 0 radical (unpaired) electrons. The summed E-state index contributed by atoms with van der Waals surface area (Å²) in [6, 6.07) is 17.1.